The number of ether oxygens (including phenoxy) is 2. The van der Waals surface area contributed by atoms with Crippen LogP contribution in [0, 0.1) is 6.92 Å². The number of benzene rings is 2. The third kappa shape index (κ3) is 3.76. The fourth-order valence-electron chi connectivity index (χ4n) is 2.36. The lowest BCUT2D eigenvalue weighted by Gasteiger charge is -2.20. The van der Waals surface area contributed by atoms with Crippen LogP contribution in [-0.2, 0) is 0 Å². The Bertz CT molecular complexity index is 578. The highest BCUT2D eigenvalue weighted by molar-refractivity contribution is 5.48. The monoisotopic (exact) mass is 285 g/mol. The molecule has 0 aliphatic heterocycles. The average molecular weight is 285 g/mol. The maximum Gasteiger partial charge on any atom is 0.135 e. The zero-order valence-electron chi connectivity index (χ0n) is 13.1. The van der Waals surface area contributed by atoms with Gasteiger partial charge in [-0.05, 0) is 44.7 Å². The number of aryl methyl sites for hydroxylation is 1. The molecule has 0 saturated heterocycles. The average Bonchev–Trinajstić information content (AvgIpc) is 2.49. The van der Waals surface area contributed by atoms with Crippen LogP contribution in [0.4, 0.5) is 0 Å². The van der Waals surface area contributed by atoms with Crippen LogP contribution >= 0.6 is 0 Å². The molecule has 1 atom stereocenters. The van der Waals surface area contributed by atoms with E-state index in [1.54, 1.807) is 7.11 Å². The van der Waals surface area contributed by atoms with Crippen molar-refractivity contribution in [3.8, 4) is 17.2 Å². The zero-order valence-corrected chi connectivity index (χ0v) is 13.1. The highest BCUT2D eigenvalue weighted by atomic mass is 16.5. The predicted octanol–water partition coefficient (Wildman–Crippen LogP) is 4.47. The van der Waals surface area contributed by atoms with Crippen LogP contribution in [-0.4, -0.2) is 13.7 Å². The molecule has 2 aromatic rings. The van der Waals surface area contributed by atoms with E-state index < -0.39 is 0 Å². The maximum absolute atomic E-state index is 6.05. The second-order valence-electron chi connectivity index (χ2n) is 5.07. The Kier molecular flexibility index (Phi) is 5.23. The second kappa shape index (κ2) is 7.14. The lowest BCUT2D eigenvalue weighted by Crippen LogP contribution is -2.19. The first-order valence-electron chi connectivity index (χ1n) is 7.30. The van der Waals surface area contributed by atoms with E-state index in [9.17, 15) is 0 Å². The quantitative estimate of drug-likeness (QED) is 0.849. The summed E-state index contributed by atoms with van der Waals surface area (Å²) in [5, 5.41) is 3.41. The van der Waals surface area contributed by atoms with E-state index in [1.807, 2.05) is 42.5 Å². The zero-order chi connectivity index (χ0) is 15.2. The van der Waals surface area contributed by atoms with Crippen LogP contribution in [0.1, 0.15) is 31.0 Å². The lowest BCUT2D eigenvalue weighted by molar-refractivity contribution is 0.391. The largest absolute Gasteiger partial charge is 0.496 e. The van der Waals surface area contributed by atoms with Crippen molar-refractivity contribution >= 4 is 0 Å². The Morgan fingerprint density at radius 1 is 1.05 bits per heavy atom. The summed E-state index contributed by atoms with van der Waals surface area (Å²) >= 11 is 0. The summed E-state index contributed by atoms with van der Waals surface area (Å²) in [5.41, 5.74) is 2.26. The van der Waals surface area contributed by atoms with Crippen LogP contribution in [0.5, 0.6) is 17.2 Å². The molecule has 2 aromatic carbocycles. The molecule has 112 valence electrons. The molecule has 0 heterocycles. The van der Waals surface area contributed by atoms with Crippen molar-refractivity contribution in [2.75, 3.05) is 13.7 Å². The fraction of sp³-hybridized carbons (Fsp3) is 0.333. The van der Waals surface area contributed by atoms with Gasteiger partial charge in [-0.25, -0.2) is 0 Å². The van der Waals surface area contributed by atoms with E-state index in [0.29, 0.717) is 0 Å². The molecule has 1 N–H and O–H groups in total. The van der Waals surface area contributed by atoms with Gasteiger partial charge >= 0.3 is 0 Å². The summed E-state index contributed by atoms with van der Waals surface area (Å²) in [6.07, 6.45) is 0. The maximum atomic E-state index is 6.05. The van der Waals surface area contributed by atoms with Crippen molar-refractivity contribution in [3.05, 3.63) is 53.6 Å². The third-order valence-corrected chi connectivity index (χ3v) is 3.44. The summed E-state index contributed by atoms with van der Waals surface area (Å²) < 4.78 is 11.5. The Labute approximate surface area is 126 Å². The highest BCUT2D eigenvalue weighted by Gasteiger charge is 2.17. The normalized spacial score (nSPS) is 12.0. The molecule has 0 bridgehead atoms. The van der Waals surface area contributed by atoms with Gasteiger partial charge in [0.15, 0.2) is 0 Å². The molecule has 3 nitrogen and oxygen atoms in total. The number of rotatable bonds is 6. The van der Waals surface area contributed by atoms with Crippen molar-refractivity contribution in [3.63, 3.8) is 0 Å². The molecule has 0 spiro atoms. The van der Waals surface area contributed by atoms with Gasteiger partial charge in [0.05, 0.1) is 12.7 Å². The summed E-state index contributed by atoms with van der Waals surface area (Å²) in [6, 6.07) is 14.1. The van der Waals surface area contributed by atoms with Gasteiger partial charge in [0.1, 0.15) is 17.2 Å². The summed E-state index contributed by atoms with van der Waals surface area (Å²) in [7, 11) is 1.69. The SMILES string of the molecule is CCNC(C)c1c(OC)cccc1Oc1ccc(C)cc1. The number of hydrogen-bond donors (Lipinski definition) is 1. The summed E-state index contributed by atoms with van der Waals surface area (Å²) in [4.78, 5) is 0. The minimum atomic E-state index is 0.159. The van der Waals surface area contributed by atoms with Crippen LogP contribution < -0.4 is 14.8 Å². The van der Waals surface area contributed by atoms with Crippen molar-refractivity contribution in [1.82, 2.24) is 5.32 Å². The molecule has 2 rings (SSSR count). The third-order valence-electron chi connectivity index (χ3n) is 3.44. The number of methoxy groups -OCH3 is 1. The summed E-state index contributed by atoms with van der Waals surface area (Å²) in [6.45, 7) is 7.16. The molecule has 0 radical (unpaired) electrons. The van der Waals surface area contributed by atoms with Crippen molar-refractivity contribution in [2.24, 2.45) is 0 Å². The van der Waals surface area contributed by atoms with Gasteiger partial charge in [0.25, 0.3) is 0 Å². The first-order valence-corrected chi connectivity index (χ1v) is 7.30. The van der Waals surface area contributed by atoms with Crippen molar-refractivity contribution < 1.29 is 9.47 Å². The molecular formula is C18H23NO2. The predicted molar refractivity (Wildman–Crippen MR) is 86.3 cm³/mol. The Morgan fingerprint density at radius 3 is 2.33 bits per heavy atom. The van der Waals surface area contributed by atoms with Crippen LogP contribution in [0.15, 0.2) is 42.5 Å². The molecule has 0 amide bonds. The molecule has 0 aliphatic carbocycles. The van der Waals surface area contributed by atoms with E-state index >= 15 is 0 Å². The van der Waals surface area contributed by atoms with E-state index in [0.717, 1.165) is 29.4 Å². The lowest BCUT2D eigenvalue weighted by atomic mass is 10.1. The van der Waals surface area contributed by atoms with Crippen molar-refractivity contribution in [2.45, 2.75) is 26.8 Å². The van der Waals surface area contributed by atoms with Gasteiger partial charge in [0.2, 0.25) is 0 Å². The van der Waals surface area contributed by atoms with Crippen LogP contribution in [0.3, 0.4) is 0 Å². The standard InChI is InChI=1S/C18H23NO2/c1-5-19-14(3)18-16(20-4)7-6-8-17(18)21-15-11-9-13(2)10-12-15/h6-12,14,19H,5H2,1-4H3. The number of hydrogen-bond acceptors (Lipinski definition) is 3. The first kappa shape index (κ1) is 15.4. The van der Waals surface area contributed by atoms with Gasteiger partial charge in [-0.2, -0.15) is 0 Å². The van der Waals surface area contributed by atoms with E-state index in [-0.39, 0.29) is 6.04 Å². The number of nitrogens with one attached hydrogen (secondary N) is 1. The topological polar surface area (TPSA) is 30.5 Å². The molecule has 1 unspecified atom stereocenters. The second-order valence-corrected chi connectivity index (χ2v) is 5.07. The molecule has 0 fully saturated rings. The fourth-order valence-corrected chi connectivity index (χ4v) is 2.36. The van der Waals surface area contributed by atoms with E-state index in [1.165, 1.54) is 5.56 Å². The van der Waals surface area contributed by atoms with Crippen molar-refractivity contribution in [1.29, 1.82) is 0 Å². The smallest absolute Gasteiger partial charge is 0.135 e. The molecule has 0 aromatic heterocycles. The molecular weight excluding hydrogens is 262 g/mol. The van der Waals surface area contributed by atoms with E-state index in [4.69, 9.17) is 9.47 Å². The van der Waals surface area contributed by atoms with Gasteiger partial charge < -0.3 is 14.8 Å². The van der Waals surface area contributed by atoms with Gasteiger partial charge in [-0.1, -0.05) is 30.7 Å². The Morgan fingerprint density at radius 2 is 1.71 bits per heavy atom. The Hall–Kier alpha value is -2.00. The van der Waals surface area contributed by atoms with Crippen LogP contribution in [0.2, 0.25) is 0 Å². The highest BCUT2D eigenvalue weighted by Crippen LogP contribution is 2.36. The summed E-state index contributed by atoms with van der Waals surface area (Å²) in [5.74, 6) is 2.50. The minimum Gasteiger partial charge on any atom is -0.496 e. The first-order chi connectivity index (χ1) is 10.2. The molecule has 21 heavy (non-hydrogen) atoms. The van der Waals surface area contributed by atoms with Gasteiger partial charge in [-0.15, -0.1) is 0 Å². The van der Waals surface area contributed by atoms with Crippen LogP contribution in [0.25, 0.3) is 0 Å². The Balaban J connectivity index is 2.35. The minimum absolute atomic E-state index is 0.159. The van der Waals surface area contributed by atoms with Gasteiger partial charge in [-0.3, -0.25) is 0 Å². The molecule has 0 saturated carbocycles. The molecule has 0 aliphatic rings. The van der Waals surface area contributed by atoms with Gasteiger partial charge in [0, 0.05) is 6.04 Å². The van der Waals surface area contributed by atoms with E-state index in [2.05, 4.69) is 26.1 Å². The molecule has 3 heteroatoms.